The van der Waals surface area contributed by atoms with Crippen LogP contribution in [-0.4, -0.2) is 10.8 Å². The Balaban J connectivity index is 2.46. The van der Waals surface area contributed by atoms with Gasteiger partial charge in [-0.3, -0.25) is 14.9 Å². The molecule has 0 bridgehead atoms. The van der Waals surface area contributed by atoms with Gasteiger partial charge in [-0.2, -0.15) is 10.5 Å². The maximum atomic E-state index is 12.1. The Labute approximate surface area is 125 Å². The number of carbonyl (C=O) groups is 1. The average molecular weight is 292 g/mol. The van der Waals surface area contributed by atoms with Gasteiger partial charge >= 0.3 is 0 Å². The molecule has 0 atom stereocenters. The van der Waals surface area contributed by atoms with Crippen LogP contribution in [0.4, 0.5) is 11.4 Å². The number of nitrogens with zero attached hydrogens (tertiary/aromatic N) is 3. The van der Waals surface area contributed by atoms with Crippen molar-refractivity contribution in [2.45, 2.75) is 0 Å². The van der Waals surface area contributed by atoms with Crippen LogP contribution in [0.3, 0.4) is 0 Å². The number of hydrogen-bond donors (Lipinski definition) is 1. The molecule has 0 fully saturated rings. The second-order valence-corrected chi connectivity index (χ2v) is 4.22. The van der Waals surface area contributed by atoms with Crippen molar-refractivity contribution in [2.24, 2.45) is 0 Å². The number of carbonyl (C=O) groups excluding carboxylic acids is 1. The average Bonchev–Trinajstić information content (AvgIpc) is 2.54. The lowest BCUT2D eigenvalue weighted by molar-refractivity contribution is -0.383. The Hall–Kier alpha value is -3.71. The molecule has 0 aliphatic heterocycles. The number of benzene rings is 2. The summed E-state index contributed by atoms with van der Waals surface area (Å²) < 4.78 is 0. The highest BCUT2D eigenvalue weighted by molar-refractivity contribution is 6.05. The Bertz CT molecular complexity index is 832. The number of nitro benzene ring substituents is 1. The third-order valence-corrected chi connectivity index (χ3v) is 2.86. The predicted octanol–water partition coefficient (Wildman–Crippen LogP) is 2.59. The van der Waals surface area contributed by atoms with Gasteiger partial charge in [0.1, 0.15) is 17.8 Å². The minimum atomic E-state index is -0.720. The van der Waals surface area contributed by atoms with Crippen LogP contribution in [-0.2, 0) is 0 Å². The van der Waals surface area contributed by atoms with E-state index < -0.39 is 16.5 Å². The van der Waals surface area contributed by atoms with E-state index in [4.69, 9.17) is 10.5 Å². The highest BCUT2D eigenvalue weighted by atomic mass is 16.6. The topological polar surface area (TPSA) is 120 Å². The third-order valence-electron chi connectivity index (χ3n) is 2.86. The van der Waals surface area contributed by atoms with Crippen LogP contribution in [0.15, 0.2) is 42.5 Å². The predicted molar refractivity (Wildman–Crippen MR) is 76.9 cm³/mol. The van der Waals surface area contributed by atoms with Crippen molar-refractivity contribution in [3.63, 3.8) is 0 Å². The molecule has 0 aromatic heterocycles. The molecule has 0 saturated carbocycles. The first-order valence-corrected chi connectivity index (χ1v) is 6.06. The lowest BCUT2D eigenvalue weighted by atomic mass is 10.1. The van der Waals surface area contributed by atoms with E-state index in [1.807, 2.05) is 0 Å². The smallest absolute Gasteiger partial charge is 0.294 e. The number of rotatable bonds is 3. The fourth-order valence-corrected chi connectivity index (χ4v) is 1.81. The second-order valence-electron chi connectivity index (χ2n) is 4.22. The van der Waals surface area contributed by atoms with E-state index in [1.165, 1.54) is 0 Å². The number of amides is 1. The summed E-state index contributed by atoms with van der Waals surface area (Å²) in [4.78, 5) is 22.4. The fraction of sp³-hybridized carbons (Fsp3) is 0. The van der Waals surface area contributed by atoms with E-state index in [1.54, 1.807) is 42.5 Å². The summed E-state index contributed by atoms with van der Waals surface area (Å²) in [6.07, 6.45) is 0. The fourth-order valence-electron chi connectivity index (χ4n) is 1.81. The van der Waals surface area contributed by atoms with Crippen molar-refractivity contribution >= 4 is 17.3 Å². The molecule has 0 radical (unpaired) electrons. The van der Waals surface area contributed by atoms with Crippen molar-refractivity contribution in [1.82, 2.24) is 0 Å². The van der Waals surface area contributed by atoms with Crippen molar-refractivity contribution in [2.75, 3.05) is 5.32 Å². The number of anilines is 1. The molecule has 2 rings (SSSR count). The Morgan fingerprint density at radius 3 is 2.23 bits per heavy atom. The second kappa shape index (κ2) is 6.16. The largest absolute Gasteiger partial charge is 0.316 e. The minimum Gasteiger partial charge on any atom is -0.316 e. The molecule has 7 heteroatoms. The van der Waals surface area contributed by atoms with Gasteiger partial charge in [-0.15, -0.1) is 0 Å². The van der Waals surface area contributed by atoms with E-state index >= 15 is 0 Å². The van der Waals surface area contributed by atoms with Gasteiger partial charge in [-0.1, -0.05) is 18.2 Å². The standard InChI is InChI=1S/C15H8N4O3/c16-8-11-6-13(14(19(21)22)7-12(11)9-17)18-15(20)10-4-2-1-3-5-10/h1-7H,(H,18,20). The minimum absolute atomic E-state index is 0.0449. The van der Waals surface area contributed by atoms with Crippen LogP contribution in [0.25, 0.3) is 0 Å². The molecule has 106 valence electrons. The molecule has 0 unspecified atom stereocenters. The van der Waals surface area contributed by atoms with Gasteiger partial charge in [0.15, 0.2) is 0 Å². The van der Waals surface area contributed by atoms with Crippen molar-refractivity contribution in [3.8, 4) is 12.1 Å². The lowest BCUT2D eigenvalue weighted by Crippen LogP contribution is -2.13. The Morgan fingerprint density at radius 2 is 1.68 bits per heavy atom. The molecular weight excluding hydrogens is 284 g/mol. The summed E-state index contributed by atoms with van der Waals surface area (Å²) >= 11 is 0. The normalized spacial score (nSPS) is 9.36. The van der Waals surface area contributed by atoms with E-state index in [-0.39, 0.29) is 16.8 Å². The zero-order valence-corrected chi connectivity index (χ0v) is 11.1. The summed E-state index contributed by atoms with van der Waals surface area (Å²) in [6, 6.07) is 13.7. The highest BCUT2D eigenvalue weighted by Gasteiger charge is 2.20. The molecule has 0 saturated heterocycles. The van der Waals surface area contributed by atoms with Crippen LogP contribution in [0.1, 0.15) is 21.5 Å². The Morgan fingerprint density at radius 1 is 1.09 bits per heavy atom. The molecule has 22 heavy (non-hydrogen) atoms. The first kappa shape index (κ1) is 14.7. The molecule has 0 aliphatic rings. The van der Waals surface area contributed by atoms with Gasteiger partial charge in [0.25, 0.3) is 11.6 Å². The van der Waals surface area contributed by atoms with Gasteiger partial charge in [0, 0.05) is 11.6 Å². The molecule has 0 heterocycles. The van der Waals surface area contributed by atoms with Gasteiger partial charge in [-0.25, -0.2) is 0 Å². The first-order chi connectivity index (χ1) is 10.6. The molecule has 2 aromatic carbocycles. The van der Waals surface area contributed by atoms with Crippen molar-refractivity contribution in [3.05, 3.63) is 69.3 Å². The maximum absolute atomic E-state index is 12.1. The Kier molecular flexibility index (Phi) is 4.11. The van der Waals surface area contributed by atoms with Crippen LogP contribution < -0.4 is 5.32 Å². The van der Waals surface area contributed by atoms with Crippen LogP contribution >= 0.6 is 0 Å². The molecular formula is C15H8N4O3. The summed E-state index contributed by atoms with van der Waals surface area (Å²) in [5.41, 5.74) is -0.419. The molecule has 2 aromatic rings. The van der Waals surface area contributed by atoms with Gasteiger partial charge in [0.05, 0.1) is 16.1 Å². The number of hydrogen-bond acceptors (Lipinski definition) is 5. The molecule has 1 N–H and O–H groups in total. The van der Waals surface area contributed by atoms with Crippen LogP contribution in [0, 0.1) is 32.8 Å². The zero-order chi connectivity index (χ0) is 16.1. The zero-order valence-electron chi connectivity index (χ0n) is 11.1. The van der Waals surface area contributed by atoms with Gasteiger partial charge in [-0.05, 0) is 18.2 Å². The van der Waals surface area contributed by atoms with Gasteiger partial charge in [0.2, 0.25) is 0 Å². The summed E-state index contributed by atoms with van der Waals surface area (Å²) in [5.74, 6) is -0.544. The van der Waals surface area contributed by atoms with E-state index in [0.29, 0.717) is 5.56 Å². The lowest BCUT2D eigenvalue weighted by Gasteiger charge is -2.07. The van der Waals surface area contributed by atoms with E-state index in [9.17, 15) is 14.9 Å². The van der Waals surface area contributed by atoms with E-state index in [0.717, 1.165) is 12.1 Å². The summed E-state index contributed by atoms with van der Waals surface area (Å²) in [7, 11) is 0. The summed E-state index contributed by atoms with van der Waals surface area (Å²) in [6.45, 7) is 0. The molecule has 7 nitrogen and oxygen atoms in total. The highest BCUT2D eigenvalue weighted by Crippen LogP contribution is 2.28. The molecule has 0 aliphatic carbocycles. The third kappa shape index (κ3) is 2.89. The van der Waals surface area contributed by atoms with Crippen LogP contribution in [0.2, 0.25) is 0 Å². The van der Waals surface area contributed by atoms with E-state index in [2.05, 4.69) is 5.32 Å². The number of nitriles is 2. The SMILES string of the molecule is N#Cc1cc(NC(=O)c2ccccc2)c([N+](=O)[O-])cc1C#N. The van der Waals surface area contributed by atoms with Crippen molar-refractivity contribution in [1.29, 1.82) is 10.5 Å². The number of nitro groups is 1. The van der Waals surface area contributed by atoms with Crippen molar-refractivity contribution < 1.29 is 9.72 Å². The maximum Gasteiger partial charge on any atom is 0.294 e. The van der Waals surface area contributed by atoms with Gasteiger partial charge < -0.3 is 5.32 Å². The molecule has 1 amide bonds. The monoisotopic (exact) mass is 292 g/mol. The molecule has 0 spiro atoms. The van der Waals surface area contributed by atoms with Crippen LogP contribution in [0.5, 0.6) is 0 Å². The number of nitrogens with one attached hydrogen (secondary N) is 1. The summed E-state index contributed by atoms with van der Waals surface area (Å²) in [5, 5.41) is 31.3. The quantitative estimate of drug-likeness (QED) is 0.688. The first-order valence-electron chi connectivity index (χ1n) is 6.06.